The normalized spacial score (nSPS) is 15.0. The highest BCUT2D eigenvalue weighted by Gasteiger charge is 2.28. The molecule has 2 N–H and O–H groups in total. The minimum atomic E-state index is 0. The Morgan fingerprint density at radius 1 is 1.48 bits per heavy atom. The van der Waals surface area contributed by atoms with Crippen LogP contribution in [0.15, 0.2) is 18.3 Å². The number of hydrogen-bond donors (Lipinski definition) is 2. The molecule has 2 rings (SSSR count). The fraction of sp³-hybridized carbons (Fsp3) is 0.571. The second kappa shape index (κ2) is 9.07. The van der Waals surface area contributed by atoms with Gasteiger partial charge in [0.2, 0.25) is 5.91 Å². The Morgan fingerprint density at radius 3 is 2.67 bits per heavy atom. The lowest BCUT2D eigenvalue weighted by Gasteiger charge is -2.31. The number of carbonyl (C=O) groups is 1. The summed E-state index contributed by atoms with van der Waals surface area (Å²) in [5.74, 6) is 1.57. The van der Waals surface area contributed by atoms with Crippen LogP contribution in [0, 0.1) is 11.8 Å². The van der Waals surface area contributed by atoms with Crippen LogP contribution >= 0.6 is 24.8 Å². The third kappa shape index (κ3) is 5.02. The molecule has 1 atom stereocenters. The summed E-state index contributed by atoms with van der Waals surface area (Å²) in [4.78, 5) is 18.3. The molecular weight excluding hydrogens is 311 g/mol. The largest absolute Gasteiger partial charge is 0.362 e. The molecule has 0 spiro atoms. The lowest BCUT2D eigenvalue weighted by Crippen LogP contribution is -2.49. The molecular formula is C14H24Cl2N4O. The van der Waals surface area contributed by atoms with Gasteiger partial charge < -0.3 is 15.5 Å². The number of hydrogen-bond acceptors (Lipinski definition) is 4. The van der Waals surface area contributed by atoms with E-state index in [-0.39, 0.29) is 36.6 Å². The summed E-state index contributed by atoms with van der Waals surface area (Å²) >= 11 is 0. The number of carbonyl (C=O) groups excluding carboxylic acids is 1. The van der Waals surface area contributed by atoms with Crippen LogP contribution in [0.25, 0.3) is 0 Å². The minimum Gasteiger partial charge on any atom is -0.362 e. The zero-order valence-electron chi connectivity index (χ0n) is 12.6. The molecule has 0 radical (unpaired) electrons. The third-order valence-electron chi connectivity index (χ3n) is 3.68. The van der Waals surface area contributed by atoms with E-state index in [1.165, 1.54) is 0 Å². The Hall–Kier alpha value is -1.04. The molecule has 2 heterocycles. The van der Waals surface area contributed by atoms with Gasteiger partial charge in [-0.05, 0) is 25.1 Å². The second-order valence-electron chi connectivity index (χ2n) is 5.31. The van der Waals surface area contributed by atoms with Gasteiger partial charge >= 0.3 is 0 Å². The van der Waals surface area contributed by atoms with Crippen LogP contribution in [0.1, 0.15) is 12.5 Å². The van der Waals surface area contributed by atoms with Crippen molar-refractivity contribution >= 4 is 36.5 Å². The molecule has 120 valence electrons. The second-order valence-corrected chi connectivity index (χ2v) is 5.31. The average Bonchev–Trinajstić information content (AvgIpc) is 2.34. The monoisotopic (exact) mass is 334 g/mol. The van der Waals surface area contributed by atoms with E-state index < -0.39 is 0 Å². The van der Waals surface area contributed by atoms with Crippen LogP contribution in [0.3, 0.4) is 0 Å². The summed E-state index contributed by atoms with van der Waals surface area (Å²) < 4.78 is 0. The minimum absolute atomic E-state index is 0. The number of pyridine rings is 1. The van der Waals surface area contributed by atoms with Crippen LogP contribution in [0.5, 0.6) is 0 Å². The summed E-state index contributed by atoms with van der Waals surface area (Å²) in [6, 6.07) is 3.89. The summed E-state index contributed by atoms with van der Waals surface area (Å²) in [6.07, 6.45) is 1.77. The van der Waals surface area contributed by atoms with Gasteiger partial charge in [-0.3, -0.25) is 4.79 Å². The fourth-order valence-corrected chi connectivity index (χ4v) is 2.19. The number of halogens is 2. The van der Waals surface area contributed by atoms with Crippen LogP contribution in [0.4, 0.5) is 5.82 Å². The maximum Gasteiger partial charge on any atom is 0.223 e. The summed E-state index contributed by atoms with van der Waals surface area (Å²) in [5, 5.41) is 6.21. The van der Waals surface area contributed by atoms with Crippen molar-refractivity contribution in [1.29, 1.82) is 0 Å². The molecule has 1 aliphatic rings. The van der Waals surface area contributed by atoms with Crippen molar-refractivity contribution < 1.29 is 4.79 Å². The first-order valence-corrected chi connectivity index (χ1v) is 6.69. The Bertz CT molecular complexity index is 452. The van der Waals surface area contributed by atoms with Crippen molar-refractivity contribution in [1.82, 2.24) is 15.6 Å². The van der Waals surface area contributed by atoms with E-state index in [9.17, 15) is 4.79 Å². The van der Waals surface area contributed by atoms with Gasteiger partial charge in [0.25, 0.3) is 0 Å². The highest BCUT2D eigenvalue weighted by molar-refractivity contribution is 5.85. The zero-order valence-corrected chi connectivity index (χ0v) is 14.3. The van der Waals surface area contributed by atoms with Crippen LogP contribution in [-0.2, 0) is 11.3 Å². The van der Waals surface area contributed by atoms with E-state index in [2.05, 4.69) is 15.6 Å². The maximum absolute atomic E-state index is 12.1. The molecule has 0 saturated carbocycles. The average molecular weight is 335 g/mol. The molecule has 1 fully saturated rings. The first kappa shape index (κ1) is 20.0. The van der Waals surface area contributed by atoms with E-state index in [0.717, 1.165) is 24.5 Å². The van der Waals surface area contributed by atoms with Gasteiger partial charge in [-0.1, -0.05) is 13.0 Å². The van der Waals surface area contributed by atoms with E-state index in [1.807, 2.05) is 38.1 Å². The van der Waals surface area contributed by atoms with Crippen molar-refractivity contribution in [3.05, 3.63) is 23.9 Å². The van der Waals surface area contributed by atoms with Crippen molar-refractivity contribution in [2.24, 2.45) is 11.8 Å². The van der Waals surface area contributed by atoms with Crippen LogP contribution in [0.2, 0.25) is 0 Å². The first-order chi connectivity index (χ1) is 9.09. The van der Waals surface area contributed by atoms with Crippen molar-refractivity contribution in [3.8, 4) is 0 Å². The molecule has 1 aromatic rings. The zero-order chi connectivity index (χ0) is 13.8. The molecule has 0 bridgehead atoms. The Labute approximate surface area is 138 Å². The highest BCUT2D eigenvalue weighted by atomic mass is 35.5. The number of nitrogens with one attached hydrogen (secondary N) is 2. The number of aromatic nitrogens is 1. The molecule has 1 aromatic heterocycles. The predicted octanol–water partition coefficient (Wildman–Crippen LogP) is 1.46. The summed E-state index contributed by atoms with van der Waals surface area (Å²) in [5.41, 5.74) is 1.04. The van der Waals surface area contributed by atoms with Crippen molar-refractivity contribution in [3.63, 3.8) is 0 Å². The van der Waals surface area contributed by atoms with Gasteiger partial charge in [0.15, 0.2) is 0 Å². The number of nitrogens with zero attached hydrogens (tertiary/aromatic N) is 2. The van der Waals surface area contributed by atoms with Gasteiger partial charge in [-0.25, -0.2) is 4.98 Å². The molecule has 1 unspecified atom stereocenters. The molecule has 1 aliphatic heterocycles. The van der Waals surface area contributed by atoms with Crippen LogP contribution < -0.4 is 15.5 Å². The van der Waals surface area contributed by atoms with E-state index in [0.29, 0.717) is 12.5 Å². The third-order valence-corrected chi connectivity index (χ3v) is 3.68. The molecule has 1 saturated heterocycles. The SMILES string of the molecule is CC(C(=O)NCc1cccnc1N(C)C)C1CNC1.Cl.Cl. The quantitative estimate of drug-likeness (QED) is 0.856. The van der Waals surface area contributed by atoms with Crippen molar-refractivity contribution in [2.45, 2.75) is 13.5 Å². The van der Waals surface area contributed by atoms with Gasteiger partial charge in [0.1, 0.15) is 5.82 Å². The highest BCUT2D eigenvalue weighted by Crippen LogP contribution is 2.17. The molecule has 1 amide bonds. The summed E-state index contributed by atoms with van der Waals surface area (Å²) in [6.45, 7) is 4.43. The lowest BCUT2D eigenvalue weighted by atomic mass is 9.88. The van der Waals surface area contributed by atoms with Crippen molar-refractivity contribution in [2.75, 3.05) is 32.1 Å². The van der Waals surface area contributed by atoms with E-state index in [4.69, 9.17) is 0 Å². The summed E-state index contributed by atoms with van der Waals surface area (Å²) in [7, 11) is 3.91. The number of rotatable bonds is 5. The van der Waals surface area contributed by atoms with E-state index >= 15 is 0 Å². The molecule has 0 aliphatic carbocycles. The number of amides is 1. The standard InChI is InChI=1S/C14H22N4O.2ClH/c1-10(12-7-15-8-12)14(19)17-9-11-5-4-6-16-13(11)18(2)3;;/h4-6,10,12,15H,7-9H2,1-3H3,(H,17,19);2*1H. The molecule has 21 heavy (non-hydrogen) atoms. The Kier molecular flexibility index (Phi) is 8.63. The van der Waals surface area contributed by atoms with Gasteiger partial charge in [0.05, 0.1) is 0 Å². The first-order valence-electron chi connectivity index (χ1n) is 6.69. The predicted molar refractivity (Wildman–Crippen MR) is 90.4 cm³/mol. The molecule has 0 aromatic carbocycles. The van der Waals surface area contributed by atoms with Gasteiger partial charge in [-0.15, -0.1) is 24.8 Å². The number of anilines is 1. The fourth-order valence-electron chi connectivity index (χ4n) is 2.19. The van der Waals surface area contributed by atoms with Gasteiger partial charge in [0, 0.05) is 38.3 Å². The maximum atomic E-state index is 12.1. The Balaban J connectivity index is 0.00000200. The van der Waals surface area contributed by atoms with Crippen LogP contribution in [-0.4, -0.2) is 38.1 Å². The molecule has 7 heteroatoms. The molecule has 5 nitrogen and oxygen atoms in total. The van der Waals surface area contributed by atoms with E-state index in [1.54, 1.807) is 6.20 Å². The smallest absolute Gasteiger partial charge is 0.223 e. The van der Waals surface area contributed by atoms with Gasteiger partial charge in [-0.2, -0.15) is 0 Å². The lowest BCUT2D eigenvalue weighted by molar-refractivity contribution is -0.126. The Morgan fingerprint density at radius 2 is 2.14 bits per heavy atom. The topological polar surface area (TPSA) is 57.3 Å².